The molecule has 0 spiro atoms. The lowest BCUT2D eigenvalue weighted by Gasteiger charge is -2.19. The molecule has 0 saturated heterocycles. The van der Waals surface area contributed by atoms with Gasteiger partial charge in [0, 0.05) is 22.6 Å². The minimum atomic E-state index is -0.941. The molecule has 0 bridgehead atoms. The van der Waals surface area contributed by atoms with E-state index in [2.05, 4.69) is 6.92 Å². The van der Waals surface area contributed by atoms with Crippen molar-refractivity contribution in [3.63, 3.8) is 0 Å². The maximum atomic E-state index is 11.8. The average molecular weight is 266 g/mol. The minimum Gasteiger partial charge on any atom is -0.507 e. The molecule has 1 aromatic rings. The number of phenolic OH excluding ortho intramolecular Hbond substituents is 1. The Morgan fingerprint density at radius 3 is 2.50 bits per heavy atom. The molecule has 1 N–H and O–H groups in total. The SMILES string of the molecule is CCC(c1cccc(C(C)C2CC2)c1O)S(C)=O. The summed E-state index contributed by atoms with van der Waals surface area (Å²) in [5.41, 5.74) is 1.88. The highest BCUT2D eigenvalue weighted by Crippen LogP contribution is 2.46. The Hall–Kier alpha value is -0.830. The first-order valence-corrected chi connectivity index (χ1v) is 8.32. The summed E-state index contributed by atoms with van der Waals surface area (Å²) >= 11 is 0. The van der Waals surface area contributed by atoms with Gasteiger partial charge >= 0.3 is 0 Å². The highest BCUT2D eigenvalue weighted by atomic mass is 32.2. The van der Waals surface area contributed by atoms with Crippen LogP contribution in [0.2, 0.25) is 0 Å². The number of phenols is 1. The molecule has 1 aromatic carbocycles. The fraction of sp³-hybridized carbons (Fsp3) is 0.600. The van der Waals surface area contributed by atoms with Gasteiger partial charge in [-0.3, -0.25) is 4.21 Å². The van der Waals surface area contributed by atoms with Crippen molar-refractivity contribution in [3.05, 3.63) is 29.3 Å². The molecule has 0 heterocycles. The summed E-state index contributed by atoms with van der Waals surface area (Å²) in [4.78, 5) is 0. The van der Waals surface area contributed by atoms with E-state index < -0.39 is 10.8 Å². The molecular weight excluding hydrogens is 244 g/mol. The summed E-state index contributed by atoms with van der Waals surface area (Å²) < 4.78 is 11.8. The topological polar surface area (TPSA) is 37.3 Å². The van der Waals surface area contributed by atoms with Gasteiger partial charge < -0.3 is 5.11 Å². The molecule has 1 saturated carbocycles. The van der Waals surface area contributed by atoms with E-state index in [0.717, 1.165) is 23.5 Å². The second-order valence-corrected chi connectivity index (χ2v) is 6.87. The summed E-state index contributed by atoms with van der Waals surface area (Å²) in [6.45, 7) is 4.20. The normalized spacial score (nSPS) is 20.4. The van der Waals surface area contributed by atoms with Crippen molar-refractivity contribution >= 4 is 10.8 Å². The van der Waals surface area contributed by atoms with Gasteiger partial charge in [0.25, 0.3) is 0 Å². The van der Waals surface area contributed by atoms with Gasteiger partial charge in [0.2, 0.25) is 0 Å². The minimum absolute atomic E-state index is 0.0589. The summed E-state index contributed by atoms with van der Waals surface area (Å²) in [5, 5.41) is 10.4. The van der Waals surface area contributed by atoms with Crippen molar-refractivity contribution in [1.29, 1.82) is 0 Å². The van der Waals surface area contributed by atoms with E-state index in [9.17, 15) is 9.32 Å². The molecule has 0 radical (unpaired) electrons. The highest BCUT2D eigenvalue weighted by molar-refractivity contribution is 7.84. The Morgan fingerprint density at radius 2 is 2.00 bits per heavy atom. The monoisotopic (exact) mass is 266 g/mol. The fourth-order valence-electron chi connectivity index (χ4n) is 2.69. The number of aromatic hydroxyl groups is 1. The second-order valence-electron chi connectivity index (χ2n) is 5.31. The Labute approximate surface area is 112 Å². The van der Waals surface area contributed by atoms with E-state index in [1.807, 2.05) is 25.1 Å². The lowest BCUT2D eigenvalue weighted by molar-refractivity contribution is 0.450. The van der Waals surface area contributed by atoms with Gasteiger partial charge in [-0.2, -0.15) is 0 Å². The zero-order valence-electron chi connectivity index (χ0n) is 11.3. The number of hydrogen-bond acceptors (Lipinski definition) is 2. The van der Waals surface area contributed by atoms with Crippen molar-refractivity contribution in [2.75, 3.05) is 6.26 Å². The van der Waals surface area contributed by atoms with Crippen LogP contribution in [0.25, 0.3) is 0 Å². The van der Waals surface area contributed by atoms with Crippen LogP contribution in [0.1, 0.15) is 55.4 Å². The zero-order valence-corrected chi connectivity index (χ0v) is 12.2. The van der Waals surface area contributed by atoms with Crippen LogP contribution in [0.3, 0.4) is 0 Å². The molecule has 0 amide bonds. The van der Waals surface area contributed by atoms with E-state index in [1.165, 1.54) is 12.8 Å². The molecule has 1 aliphatic rings. The van der Waals surface area contributed by atoms with Crippen LogP contribution in [0.4, 0.5) is 0 Å². The summed E-state index contributed by atoms with van der Waals surface area (Å²) in [6.07, 6.45) is 5.03. The van der Waals surface area contributed by atoms with Gasteiger partial charge in [-0.05, 0) is 36.7 Å². The third kappa shape index (κ3) is 2.61. The maximum absolute atomic E-state index is 11.8. The van der Waals surface area contributed by atoms with Crippen molar-refractivity contribution < 1.29 is 9.32 Å². The molecule has 3 atom stereocenters. The molecule has 2 rings (SSSR count). The third-order valence-corrected chi connectivity index (χ3v) is 5.43. The molecule has 100 valence electrons. The Bertz CT molecular complexity index is 452. The number of benzene rings is 1. The average Bonchev–Trinajstić information content (AvgIpc) is 3.15. The van der Waals surface area contributed by atoms with Gasteiger partial charge in [-0.1, -0.05) is 32.0 Å². The standard InChI is InChI=1S/C15H22O2S/c1-4-14(18(3)17)13-7-5-6-12(15(13)16)10(2)11-8-9-11/h5-7,10-11,14,16H,4,8-9H2,1-3H3. The first kappa shape index (κ1) is 13.6. The highest BCUT2D eigenvalue weighted by Gasteiger charge is 2.31. The maximum Gasteiger partial charge on any atom is 0.123 e. The van der Waals surface area contributed by atoms with Gasteiger partial charge in [-0.15, -0.1) is 0 Å². The summed E-state index contributed by atoms with van der Waals surface area (Å²) in [5.74, 6) is 1.50. The van der Waals surface area contributed by atoms with E-state index in [4.69, 9.17) is 0 Å². The van der Waals surface area contributed by atoms with E-state index in [-0.39, 0.29) is 5.25 Å². The third-order valence-electron chi connectivity index (χ3n) is 4.04. The molecule has 0 aromatic heterocycles. The van der Waals surface area contributed by atoms with Gasteiger partial charge in [0.05, 0.1) is 5.25 Å². The van der Waals surface area contributed by atoms with Gasteiger partial charge in [-0.25, -0.2) is 0 Å². The number of para-hydroxylation sites is 1. The Morgan fingerprint density at radius 1 is 1.39 bits per heavy atom. The molecule has 1 aliphatic carbocycles. The second kappa shape index (κ2) is 5.43. The smallest absolute Gasteiger partial charge is 0.123 e. The van der Waals surface area contributed by atoms with Crippen LogP contribution in [0.15, 0.2) is 18.2 Å². The van der Waals surface area contributed by atoms with Crippen LogP contribution < -0.4 is 0 Å². The van der Waals surface area contributed by atoms with Crippen molar-refractivity contribution in [1.82, 2.24) is 0 Å². The largest absolute Gasteiger partial charge is 0.507 e. The summed E-state index contributed by atoms with van der Waals surface area (Å²) in [6, 6.07) is 5.90. The quantitative estimate of drug-likeness (QED) is 0.881. The van der Waals surface area contributed by atoms with Gasteiger partial charge in [0.15, 0.2) is 0 Å². The van der Waals surface area contributed by atoms with E-state index >= 15 is 0 Å². The predicted molar refractivity (Wildman–Crippen MR) is 76.3 cm³/mol. The molecule has 3 heteroatoms. The predicted octanol–water partition coefficient (Wildman–Crippen LogP) is 3.74. The number of hydrogen-bond donors (Lipinski definition) is 1. The van der Waals surface area contributed by atoms with Gasteiger partial charge in [0.1, 0.15) is 5.75 Å². The zero-order chi connectivity index (χ0) is 13.3. The van der Waals surface area contributed by atoms with E-state index in [1.54, 1.807) is 6.26 Å². The van der Waals surface area contributed by atoms with Crippen LogP contribution >= 0.6 is 0 Å². The van der Waals surface area contributed by atoms with Crippen LogP contribution in [0, 0.1) is 5.92 Å². The molecule has 18 heavy (non-hydrogen) atoms. The molecular formula is C15H22O2S. The summed E-state index contributed by atoms with van der Waals surface area (Å²) in [7, 11) is -0.941. The first-order valence-electron chi connectivity index (χ1n) is 6.70. The van der Waals surface area contributed by atoms with Crippen LogP contribution in [-0.4, -0.2) is 15.6 Å². The van der Waals surface area contributed by atoms with E-state index in [0.29, 0.717) is 11.7 Å². The first-order chi connectivity index (χ1) is 8.56. The molecule has 0 aliphatic heterocycles. The molecule has 3 unspecified atom stereocenters. The Kier molecular flexibility index (Phi) is 4.10. The lowest BCUT2D eigenvalue weighted by Crippen LogP contribution is -2.06. The van der Waals surface area contributed by atoms with Crippen LogP contribution in [-0.2, 0) is 10.8 Å². The van der Waals surface area contributed by atoms with Crippen molar-refractivity contribution in [2.45, 2.75) is 44.3 Å². The number of rotatable bonds is 5. The fourth-order valence-corrected chi connectivity index (χ4v) is 3.71. The van der Waals surface area contributed by atoms with Crippen molar-refractivity contribution in [2.24, 2.45) is 5.92 Å². The molecule has 1 fully saturated rings. The van der Waals surface area contributed by atoms with Crippen LogP contribution in [0.5, 0.6) is 5.75 Å². The molecule has 2 nitrogen and oxygen atoms in total. The van der Waals surface area contributed by atoms with Crippen molar-refractivity contribution in [3.8, 4) is 5.75 Å². The lowest BCUT2D eigenvalue weighted by atomic mass is 9.92. The Balaban J connectivity index is 2.36.